The molecule has 100 valence electrons. The van der Waals surface area contributed by atoms with Crippen molar-refractivity contribution in [3.63, 3.8) is 0 Å². The number of alkyl halides is 1. The van der Waals surface area contributed by atoms with Crippen LogP contribution in [0.2, 0.25) is 0 Å². The molecule has 18 heavy (non-hydrogen) atoms. The van der Waals surface area contributed by atoms with Crippen LogP contribution < -0.4 is 9.64 Å². The molecule has 0 bridgehead atoms. The number of hydrogen-bond donors (Lipinski definition) is 0. The van der Waals surface area contributed by atoms with E-state index in [-0.39, 0.29) is 0 Å². The van der Waals surface area contributed by atoms with Crippen molar-refractivity contribution in [2.45, 2.75) is 31.6 Å². The van der Waals surface area contributed by atoms with Crippen LogP contribution >= 0.6 is 11.6 Å². The summed E-state index contributed by atoms with van der Waals surface area (Å²) in [5, 5.41) is 0.372. The first-order valence-electron chi connectivity index (χ1n) is 6.49. The van der Waals surface area contributed by atoms with Crippen LogP contribution in [0, 0.1) is 5.92 Å². The van der Waals surface area contributed by atoms with Crippen molar-refractivity contribution in [1.29, 1.82) is 0 Å². The number of nitrogens with zero attached hydrogens (tertiary/aromatic N) is 3. The molecule has 1 aromatic heterocycles. The summed E-state index contributed by atoms with van der Waals surface area (Å²) in [6.07, 6.45) is 4.75. The molecule has 0 saturated heterocycles. The van der Waals surface area contributed by atoms with Crippen LogP contribution in [0.1, 0.15) is 26.2 Å². The predicted octanol–water partition coefficient (Wildman–Crippen LogP) is 2.72. The summed E-state index contributed by atoms with van der Waals surface area (Å²) in [6.45, 7) is 3.76. The van der Waals surface area contributed by atoms with Gasteiger partial charge < -0.3 is 9.64 Å². The Hall–Kier alpha value is -1.03. The summed E-state index contributed by atoms with van der Waals surface area (Å²) >= 11 is 5.99. The molecule has 0 aromatic carbocycles. The maximum Gasteiger partial charge on any atom is 0.218 e. The third kappa shape index (κ3) is 3.48. The van der Waals surface area contributed by atoms with Crippen molar-refractivity contribution in [3.05, 3.63) is 12.4 Å². The molecule has 0 unspecified atom stereocenters. The summed E-state index contributed by atoms with van der Waals surface area (Å²) in [5.41, 5.74) is 0. The summed E-state index contributed by atoms with van der Waals surface area (Å²) in [5.74, 6) is 2.25. The SMILES string of the molecule is CCCOc1cc(N(C)CC2CC(Cl)C2)ncn1. The minimum Gasteiger partial charge on any atom is -0.478 e. The third-order valence-electron chi connectivity index (χ3n) is 3.18. The van der Waals surface area contributed by atoms with Crippen molar-refractivity contribution >= 4 is 17.4 Å². The molecule has 1 aliphatic carbocycles. The van der Waals surface area contributed by atoms with Gasteiger partial charge >= 0.3 is 0 Å². The average Bonchev–Trinajstić information content (AvgIpc) is 2.35. The van der Waals surface area contributed by atoms with Gasteiger partial charge in [-0.15, -0.1) is 11.6 Å². The monoisotopic (exact) mass is 269 g/mol. The van der Waals surface area contributed by atoms with E-state index in [1.807, 2.05) is 13.1 Å². The molecule has 1 aliphatic rings. The second kappa shape index (κ2) is 6.23. The maximum absolute atomic E-state index is 5.99. The number of ether oxygens (including phenoxy) is 1. The fraction of sp³-hybridized carbons (Fsp3) is 0.692. The molecule has 1 saturated carbocycles. The van der Waals surface area contributed by atoms with Gasteiger partial charge in [0.2, 0.25) is 5.88 Å². The van der Waals surface area contributed by atoms with E-state index < -0.39 is 0 Å². The number of halogens is 1. The van der Waals surface area contributed by atoms with E-state index in [1.54, 1.807) is 6.33 Å². The smallest absolute Gasteiger partial charge is 0.218 e. The molecule has 1 heterocycles. The van der Waals surface area contributed by atoms with Gasteiger partial charge in [-0.2, -0.15) is 0 Å². The van der Waals surface area contributed by atoms with Crippen LogP contribution in [0.15, 0.2) is 12.4 Å². The Bertz CT molecular complexity index is 382. The number of hydrogen-bond acceptors (Lipinski definition) is 4. The van der Waals surface area contributed by atoms with Gasteiger partial charge in [0.1, 0.15) is 12.1 Å². The van der Waals surface area contributed by atoms with Crippen LogP contribution in [0.25, 0.3) is 0 Å². The van der Waals surface area contributed by atoms with Gasteiger partial charge in [-0.25, -0.2) is 9.97 Å². The molecular formula is C13H20ClN3O. The highest BCUT2D eigenvalue weighted by molar-refractivity contribution is 6.21. The van der Waals surface area contributed by atoms with E-state index in [1.165, 1.54) is 0 Å². The lowest BCUT2D eigenvalue weighted by Gasteiger charge is -2.34. The average molecular weight is 270 g/mol. The first kappa shape index (κ1) is 13.4. The minimum atomic E-state index is 0.372. The number of rotatable bonds is 6. The lowest BCUT2D eigenvalue weighted by Crippen LogP contribution is -2.35. The maximum atomic E-state index is 5.99. The van der Waals surface area contributed by atoms with Crippen molar-refractivity contribution in [1.82, 2.24) is 9.97 Å². The molecule has 0 radical (unpaired) electrons. The van der Waals surface area contributed by atoms with Gasteiger partial charge in [0.25, 0.3) is 0 Å². The van der Waals surface area contributed by atoms with Gasteiger partial charge in [-0.05, 0) is 25.2 Å². The standard InChI is InChI=1S/C13H20ClN3O/c1-3-4-18-13-7-12(15-9-16-13)17(2)8-10-5-11(14)6-10/h7,9-11H,3-6,8H2,1-2H3. The van der Waals surface area contributed by atoms with Crippen LogP contribution in [-0.4, -0.2) is 35.5 Å². The normalized spacial score (nSPS) is 22.4. The summed E-state index contributed by atoms with van der Waals surface area (Å²) in [4.78, 5) is 10.5. The van der Waals surface area contributed by atoms with Crippen LogP contribution in [-0.2, 0) is 0 Å². The molecule has 0 amide bonds. The van der Waals surface area contributed by atoms with Crippen LogP contribution in [0.3, 0.4) is 0 Å². The Morgan fingerprint density at radius 2 is 2.22 bits per heavy atom. The molecule has 1 fully saturated rings. The Labute approximate surface area is 113 Å². The zero-order chi connectivity index (χ0) is 13.0. The first-order valence-corrected chi connectivity index (χ1v) is 6.92. The van der Waals surface area contributed by atoms with Gasteiger partial charge in [0.05, 0.1) is 6.61 Å². The zero-order valence-corrected chi connectivity index (χ0v) is 11.7. The van der Waals surface area contributed by atoms with E-state index in [4.69, 9.17) is 16.3 Å². The van der Waals surface area contributed by atoms with E-state index in [0.29, 0.717) is 23.8 Å². The predicted molar refractivity (Wildman–Crippen MR) is 73.5 cm³/mol. The number of anilines is 1. The van der Waals surface area contributed by atoms with Crippen molar-refractivity contribution < 1.29 is 4.74 Å². The van der Waals surface area contributed by atoms with Gasteiger partial charge in [0.15, 0.2) is 0 Å². The Balaban J connectivity index is 1.90. The lowest BCUT2D eigenvalue weighted by molar-refractivity contribution is 0.304. The highest BCUT2D eigenvalue weighted by atomic mass is 35.5. The van der Waals surface area contributed by atoms with E-state index in [2.05, 4.69) is 21.8 Å². The minimum absolute atomic E-state index is 0.372. The fourth-order valence-electron chi connectivity index (χ4n) is 2.11. The largest absolute Gasteiger partial charge is 0.478 e. The summed E-state index contributed by atoms with van der Waals surface area (Å²) < 4.78 is 5.51. The van der Waals surface area contributed by atoms with E-state index in [0.717, 1.165) is 31.6 Å². The van der Waals surface area contributed by atoms with Crippen LogP contribution in [0.5, 0.6) is 5.88 Å². The summed E-state index contributed by atoms with van der Waals surface area (Å²) in [7, 11) is 2.05. The second-order valence-corrected chi connectivity index (χ2v) is 5.50. The van der Waals surface area contributed by atoms with Gasteiger partial charge in [0, 0.05) is 25.0 Å². The Morgan fingerprint density at radius 3 is 2.89 bits per heavy atom. The molecule has 0 aliphatic heterocycles. The second-order valence-electron chi connectivity index (χ2n) is 4.88. The van der Waals surface area contributed by atoms with Crippen molar-refractivity contribution in [3.8, 4) is 5.88 Å². The van der Waals surface area contributed by atoms with Crippen LogP contribution in [0.4, 0.5) is 5.82 Å². The fourth-order valence-corrected chi connectivity index (χ4v) is 2.61. The van der Waals surface area contributed by atoms with Gasteiger partial charge in [-0.3, -0.25) is 0 Å². The van der Waals surface area contributed by atoms with E-state index in [9.17, 15) is 0 Å². The molecule has 1 aromatic rings. The molecule has 4 nitrogen and oxygen atoms in total. The lowest BCUT2D eigenvalue weighted by atomic mass is 9.84. The molecule has 5 heteroatoms. The number of aromatic nitrogens is 2. The summed E-state index contributed by atoms with van der Waals surface area (Å²) in [6, 6.07) is 1.90. The molecule has 0 atom stereocenters. The molecular weight excluding hydrogens is 250 g/mol. The van der Waals surface area contributed by atoms with Crippen molar-refractivity contribution in [2.75, 3.05) is 25.1 Å². The van der Waals surface area contributed by atoms with Gasteiger partial charge in [-0.1, -0.05) is 6.92 Å². The molecule has 0 N–H and O–H groups in total. The third-order valence-corrected chi connectivity index (χ3v) is 3.54. The Kier molecular flexibility index (Phi) is 4.64. The first-order chi connectivity index (χ1) is 8.69. The molecule has 0 spiro atoms. The van der Waals surface area contributed by atoms with E-state index >= 15 is 0 Å². The topological polar surface area (TPSA) is 38.2 Å². The quantitative estimate of drug-likeness (QED) is 0.745. The highest BCUT2D eigenvalue weighted by Gasteiger charge is 2.28. The Morgan fingerprint density at radius 1 is 1.44 bits per heavy atom. The molecule has 2 rings (SSSR count). The highest BCUT2D eigenvalue weighted by Crippen LogP contribution is 2.33. The van der Waals surface area contributed by atoms with Crippen molar-refractivity contribution in [2.24, 2.45) is 5.92 Å². The zero-order valence-electron chi connectivity index (χ0n) is 11.0.